The summed E-state index contributed by atoms with van der Waals surface area (Å²) in [6.07, 6.45) is 5.81. The molecule has 28 heavy (non-hydrogen) atoms. The number of anilines is 1. The highest BCUT2D eigenvalue weighted by molar-refractivity contribution is 6.05. The molecule has 0 spiro atoms. The molecule has 3 aromatic rings. The van der Waals surface area contributed by atoms with Crippen LogP contribution in [0.25, 0.3) is 11.0 Å². The first-order chi connectivity index (χ1) is 13.5. The Kier molecular flexibility index (Phi) is 4.72. The van der Waals surface area contributed by atoms with Crippen LogP contribution in [0, 0.1) is 13.8 Å². The van der Waals surface area contributed by atoms with Crippen LogP contribution in [0.5, 0.6) is 0 Å². The Morgan fingerprint density at radius 2 is 2.04 bits per heavy atom. The van der Waals surface area contributed by atoms with E-state index in [0.29, 0.717) is 29.6 Å². The van der Waals surface area contributed by atoms with Crippen LogP contribution in [0.15, 0.2) is 33.8 Å². The number of hydrogen-bond donors (Lipinski definition) is 2. The number of aromatic nitrogens is 3. The summed E-state index contributed by atoms with van der Waals surface area (Å²) in [5.74, 6) is -0.305. The average molecular weight is 382 g/mol. The number of aryl methyl sites for hydroxylation is 1. The summed E-state index contributed by atoms with van der Waals surface area (Å²) in [5.41, 5.74) is 1.60. The summed E-state index contributed by atoms with van der Waals surface area (Å²) in [6.45, 7) is 3.57. The second kappa shape index (κ2) is 7.20. The SMILES string of the molecule is Cc1noc(NC(=O)c2cn([C@H]3CC[C@H](O)CC3)c3ncccc3c2=O)c1C. The molecule has 0 bridgehead atoms. The number of carbonyl (C=O) groups is 1. The van der Waals surface area contributed by atoms with Crippen molar-refractivity contribution >= 4 is 22.8 Å². The third-order valence-electron chi connectivity index (χ3n) is 5.48. The number of aliphatic hydroxyl groups excluding tert-OH is 1. The van der Waals surface area contributed by atoms with Gasteiger partial charge < -0.3 is 14.2 Å². The lowest BCUT2D eigenvalue weighted by Crippen LogP contribution is -2.27. The van der Waals surface area contributed by atoms with Crippen LogP contribution in [-0.2, 0) is 0 Å². The molecular weight excluding hydrogens is 360 g/mol. The number of nitrogens with zero attached hydrogens (tertiary/aromatic N) is 3. The fourth-order valence-electron chi connectivity index (χ4n) is 3.66. The second-order valence-corrected chi connectivity index (χ2v) is 7.29. The Labute approximate surface area is 161 Å². The highest BCUT2D eigenvalue weighted by atomic mass is 16.5. The zero-order valence-electron chi connectivity index (χ0n) is 15.8. The first-order valence-corrected chi connectivity index (χ1v) is 9.38. The van der Waals surface area contributed by atoms with Gasteiger partial charge in [-0.15, -0.1) is 0 Å². The number of hydrogen-bond acceptors (Lipinski definition) is 6. The fourth-order valence-corrected chi connectivity index (χ4v) is 3.66. The van der Waals surface area contributed by atoms with Gasteiger partial charge in [-0.2, -0.15) is 0 Å². The average Bonchev–Trinajstić information content (AvgIpc) is 3.01. The van der Waals surface area contributed by atoms with Gasteiger partial charge in [0.25, 0.3) is 5.91 Å². The maximum absolute atomic E-state index is 12.9. The smallest absolute Gasteiger partial charge is 0.263 e. The number of pyridine rings is 2. The normalized spacial score (nSPS) is 19.7. The molecule has 8 heteroatoms. The zero-order chi connectivity index (χ0) is 19.8. The van der Waals surface area contributed by atoms with Crippen LogP contribution in [0.3, 0.4) is 0 Å². The molecule has 1 aliphatic rings. The van der Waals surface area contributed by atoms with Crippen molar-refractivity contribution in [2.45, 2.75) is 51.7 Å². The molecule has 0 aromatic carbocycles. The minimum absolute atomic E-state index is 0.0278. The molecule has 1 saturated carbocycles. The number of amides is 1. The van der Waals surface area contributed by atoms with Crippen molar-refractivity contribution in [3.63, 3.8) is 0 Å². The van der Waals surface area contributed by atoms with E-state index in [1.54, 1.807) is 38.4 Å². The van der Waals surface area contributed by atoms with E-state index < -0.39 is 5.91 Å². The number of nitrogens with one attached hydrogen (secondary N) is 1. The van der Waals surface area contributed by atoms with Gasteiger partial charge in [-0.3, -0.25) is 14.9 Å². The molecule has 3 aromatic heterocycles. The third kappa shape index (κ3) is 3.20. The number of carbonyl (C=O) groups excluding carboxylic acids is 1. The molecule has 146 valence electrons. The van der Waals surface area contributed by atoms with E-state index in [1.807, 2.05) is 4.57 Å². The monoisotopic (exact) mass is 382 g/mol. The van der Waals surface area contributed by atoms with Gasteiger partial charge in [0.05, 0.1) is 17.2 Å². The Morgan fingerprint density at radius 3 is 2.71 bits per heavy atom. The molecule has 0 atom stereocenters. The van der Waals surface area contributed by atoms with Crippen LogP contribution in [0.2, 0.25) is 0 Å². The first-order valence-electron chi connectivity index (χ1n) is 9.38. The maximum Gasteiger partial charge on any atom is 0.263 e. The lowest BCUT2D eigenvalue weighted by molar-refractivity contribution is 0.101. The van der Waals surface area contributed by atoms with E-state index in [4.69, 9.17) is 4.52 Å². The standard InChI is InChI=1S/C20H22N4O4/c1-11-12(2)23-28-20(11)22-19(27)16-10-24(13-5-7-14(25)8-6-13)18-15(17(16)26)4-3-9-21-18/h3-4,9-10,13-14,25H,5-8H2,1-2H3,(H,22,27)/t13-,14-. The number of fused-ring (bicyclic) bond motifs is 1. The van der Waals surface area contributed by atoms with E-state index in [1.165, 1.54) is 0 Å². The number of rotatable bonds is 3. The first kappa shape index (κ1) is 18.4. The summed E-state index contributed by atoms with van der Waals surface area (Å²) >= 11 is 0. The Balaban J connectivity index is 1.78. The minimum atomic E-state index is -0.542. The molecule has 0 saturated heterocycles. The molecule has 4 rings (SSSR count). The number of aliphatic hydroxyl groups is 1. The van der Waals surface area contributed by atoms with Crippen molar-refractivity contribution in [2.24, 2.45) is 0 Å². The van der Waals surface area contributed by atoms with Gasteiger partial charge in [0, 0.05) is 24.0 Å². The molecule has 2 N–H and O–H groups in total. The van der Waals surface area contributed by atoms with Gasteiger partial charge in [0.1, 0.15) is 11.2 Å². The Hall–Kier alpha value is -3.00. The topological polar surface area (TPSA) is 110 Å². The van der Waals surface area contributed by atoms with Crippen molar-refractivity contribution in [1.82, 2.24) is 14.7 Å². The van der Waals surface area contributed by atoms with E-state index in [0.717, 1.165) is 18.4 Å². The van der Waals surface area contributed by atoms with Crippen molar-refractivity contribution in [1.29, 1.82) is 0 Å². The van der Waals surface area contributed by atoms with Gasteiger partial charge >= 0.3 is 0 Å². The van der Waals surface area contributed by atoms with Gasteiger partial charge in [-0.25, -0.2) is 4.98 Å². The third-order valence-corrected chi connectivity index (χ3v) is 5.48. The predicted molar refractivity (Wildman–Crippen MR) is 103 cm³/mol. The fraction of sp³-hybridized carbons (Fsp3) is 0.400. The maximum atomic E-state index is 12.9. The quantitative estimate of drug-likeness (QED) is 0.721. The summed E-state index contributed by atoms with van der Waals surface area (Å²) in [6, 6.07) is 3.44. The lowest BCUT2D eigenvalue weighted by Gasteiger charge is -2.28. The molecule has 0 unspecified atom stereocenters. The molecule has 3 heterocycles. The molecule has 1 aliphatic carbocycles. The summed E-state index contributed by atoms with van der Waals surface area (Å²) in [4.78, 5) is 30.2. The van der Waals surface area contributed by atoms with E-state index in [9.17, 15) is 14.7 Å². The van der Waals surface area contributed by atoms with E-state index in [2.05, 4.69) is 15.5 Å². The summed E-state index contributed by atoms with van der Waals surface area (Å²) in [5, 5.41) is 16.7. The highest BCUT2D eigenvalue weighted by Crippen LogP contribution is 2.30. The van der Waals surface area contributed by atoms with Gasteiger partial charge in [0.2, 0.25) is 11.3 Å². The molecule has 8 nitrogen and oxygen atoms in total. The minimum Gasteiger partial charge on any atom is -0.393 e. The Morgan fingerprint density at radius 1 is 1.29 bits per heavy atom. The van der Waals surface area contributed by atoms with Gasteiger partial charge in [-0.1, -0.05) is 5.16 Å². The van der Waals surface area contributed by atoms with Gasteiger partial charge in [0.15, 0.2) is 0 Å². The molecule has 1 amide bonds. The van der Waals surface area contributed by atoms with E-state index >= 15 is 0 Å². The van der Waals surface area contributed by atoms with Crippen LogP contribution < -0.4 is 10.7 Å². The van der Waals surface area contributed by atoms with Crippen molar-refractivity contribution in [3.8, 4) is 0 Å². The second-order valence-electron chi connectivity index (χ2n) is 7.29. The van der Waals surface area contributed by atoms with Gasteiger partial charge in [-0.05, 0) is 51.7 Å². The predicted octanol–water partition coefficient (Wildman–Crippen LogP) is 2.73. The molecule has 0 aliphatic heterocycles. The van der Waals surface area contributed by atoms with Crippen molar-refractivity contribution in [2.75, 3.05) is 5.32 Å². The van der Waals surface area contributed by atoms with Crippen LogP contribution in [0.4, 0.5) is 5.88 Å². The highest BCUT2D eigenvalue weighted by Gasteiger charge is 2.25. The van der Waals surface area contributed by atoms with Crippen LogP contribution in [0.1, 0.15) is 53.3 Å². The molecule has 1 fully saturated rings. The molecular formula is C20H22N4O4. The van der Waals surface area contributed by atoms with Crippen LogP contribution in [-0.4, -0.2) is 31.8 Å². The van der Waals surface area contributed by atoms with Crippen molar-refractivity contribution in [3.05, 3.63) is 51.6 Å². The largest absolute Gasteiger partial charge is 0.393 e. The van der Waals surface area contributed by atoms with E-state index in [-0.39, 0.29) is 29.0 Å². The Bertz CT molecular complexity index is 1090. The van der Waals surface area contributed by atoms with Crippen molar-refractivity contribution < 1.29 is 14.4 Å². The zero-order valence-corrected chi connectivity index (χ0v) is 15.8. The van der Waals surface area contributed by atoms with Crippen LogP contribution >= 0.6 is 0 Å². The summed E-state index contributed by atoms with van der Waals surface area (Å²) in [7, 11) is 0. The summed E-state index contributed by atoms with van der Waals surface area (Å²) < 4.78 is 7.04. The molecule has 0 radical (unpaired) electrons. The lowest BCUT2D eigenvalue weighted by atomic mass is 9.92.